The van der Waals surface area contributed by atoms with Gasteiger partial charge in [0.05, 0.1) is 16.3 Å². The summed E-state index contributed by atoms with van der Waals surface area (Å²) in [6.45, 7) is 0.508. The van der Waals surface area contributed by atoms with Gasteiger partial charge in [-0.2, -0.15) is 5.10 Å². The van der Waals surface area contributed by atoms with Crippen LogP contribution in [0.1, 0.15) is 21.5 Å². The molecule has 3 aromatic rings. The molecule has 136 valence electrons. The third-order valence-electron chi connectivity index (χ3n) is 3.69. The molecule has 0 aromatic heterocycles. The van der Waals surface area contributed by atoms with Gasteiger partial charge in [-0.15, -0.1) is 0 Å². The molecule has 1 amide bonds. The van der Waals surface area contributed by atoms with Gasteiger partial charge in [-0.25, -0.2) is 5.43 Å². The number of halogens is 2. The second-order valence-corrected chi connectivity index (χ2v) is 6.49. The number of nitrogens with zero attached hydrogens (tertiary/aromatic N) is 1. The van der Waals surface area contributed by atoms with Crippen molar-refractivity contribution in [2.24, 2.45) is 5.10 Å². The van der Waals surface area contributed by atoms with E-state index < -0.39 is 0 Å². The first-order valence-corrected chi connectivity index (χ1v) is 8.92. The lowest BCUT2D eigenvalue weighted by Gasteiger charge is -2.06. The molecule has 0 spiro atoms. The van der Waals surface area contributed by atoms with Crippen molar-refractivity contribution in [1.82, 2.24) is 5.43 Å². The zero-order valence-electron chi connectivity index (χ0n) is 14.2. The van der Waals surface area contributed by atoms with Crippen LogP contribution < -0.4 is 10.2 Å². The Hall–Kier alpha value is -2.82. The van der Waals surface area contributed by atoms with E-state index in [-0.39, 0.29) is 5.91 Å². The predicted octanol–water partition coefficient (Wildman–Crippen LogP) is 5.34. The van der Waals surface area contributed by atoms with E-state index in [1.807, 2.05) is 54.6 Å². The molecular formula is C21H16Cl2N2O2. The quantitative estimate of drug-likeness (QED) is 0.450. The maximum absolute atomic E-state index is 12.0. The summed E-state index contributed by atoms with van der Waals surface area (Å²) in [6.07, 6.45) is 1.55. The van der Waals surface area contributed by atoms with Gasteiger partial charge in [0.15, 0.2) is 0 Å². The van der Waals surface area contributed by atoms with Crippen molar-refractivity contribution in [1.29, 1.82) is 0 Å². The lowest BCUT2D eigenvalue weighted by Crippen LogP contribution is -2.17. The van der Waals surface area contributed by atoms with E-state index in [1.165, 1.54) is 6.07 Å². The Morgan fingerprint density at radius 3 is 2.41 bits per heavy atom. The van der Waals surface area contributed by atoms with Gasteiger partial charge in [0, 0.05) is 5.56 Å². The number of nitrogens with one attached hydrogen (secondary N) is 1. The molecule has 3 rings (SSSR count). The minimum Gasteiger partial charge on any atom is -0.489 e. The number of hydrogen-bond acceptors (Lipinski definition) is 3. The molecule has 4 nitrogen and oxygen atoms in total. The fraction of sp³-hybridized carbons (Fsp3) is 0.0476. The predicted molar refractivity (Wildman–Crippen MR) is 109 cm³/mol. The number of amides is 1. The van der Waals surface area contributed by atoms with E-state index >= 15 is 0 Å². The van der Waals surface area contributed by atoms with E-state index in [4.69, 9.17) is 27.9 Å². The highest BCUT2D eigenvalue weighted by Crippen LogP contribution is 2.22. The number of carbonyl (C=O) groups is 1. The molecule has 0 saturated carbocycles. The Morgan fingerprint density at radius 1 is 0.963 bits per heavy atom. The number of ether oxygens (including phenoxy) is 1. The third kappa shape index (κ3) is 5.58. The smallest absolute Gasteiger partial charge is 0.271 e. The topological polar surface area (TPSA) is 50.7 Å². The molecule has 0 bridgehead atoms. The minimum absolute atomic E-state index is 0.319. The van der Waals surface area contributed by atoms with E-state index in [9.17, 15) is 4.79 Å². The Morgan fingerprint density at radius 2 is 1.70 bits per heavy atom. The van der Waals surface area contributed by atoms with Crippen molar-refractivity contribution >= 4 is 35.3 Å². The monoisotopic (exact) mass is 398 g/mol. The second-order valence-electron chi connectivity index (χ2n) is 5.67. The minimum atomic E-state index is -0.368. The summed E-state index contributed by atoms with van der Waals surface area (Å²) in [5.41, 5.74) is 4.77. The molecule has 27 heavy (non-hydrogen) atoms. The number of rotatable bonds is 6. The molecule has 0 radical (unpaired) electrons. The Kier molecular flexibility index (Phi) is 6.47. The first-order valence-electron chi connectivity index (χ1n) is 8.17. The van der Waals surface area contributed by atoms with Crippen LogP contribution in [0.2, 0.25) is 10.0 Å². The summed E-state index contributed by atoms with van der Waals surface area (Å²) >= 11 is 11.7. The Balaban J connectivity index is 1.53. The van der Waals surface area contributed by atoms with Gasteiger partial charge in [-0.3, -0.25) is 4.79 Å². The van der Waals surface area contributed by atoms with Crippen LogP contribution in [0.25, 0.3) is 0 Å². The zero-order chi connectivity index (χ0) is 19.1. The Labute approximate surface area is 167 Å². The highest BCUT2D eigenvalue weighted by molar-refractivity contribution is 6.42. The highest BCUT2D eigenvalue weighted by atomic mass is 35.5. The van der Waals surface area contributed by atoms with Crippen LogP contribution in [0.5, 0.6) is 5.75 Å². The summed E-state index contributed by atoms with van der Waals surface area (Å²) in [7, 11) is 0. The maximum Gasteiger partial charge on any atom is 0.271 e. The van der Waals surface area contributed by atoms with Crippen LogP contribution in [-0.2, 0) is 6.61 Å². The van der Waals surface area contributed by atoms with Crippen molar-refractivity contribution in [3.05, 3.63) is 99.5 Å². The van der Waals surface area contributed by atoms with Crippen molar-refractivity contribution in [3.63, 3.8) is 0 Å². The van der Waals surface area contributed by atoms with Gasteiger partial charge in [-0.05, 0) is 53.6 Å². The lowest BCUT2D eigenvalue weighted by atomic mass is 10.2. The largest absolute Gasteiger partial charge is 0.489 e. The standard InChI is InChI=1S/C21H16Cl2N2O2/c22-19-11-8-17(12-20(19)23)21(26)25-24-13-15-6-9-18(10-7-15)27-14-16-4-2-1-3-5-16/h1-13H,14H2,(H,25,26)/b24-13+. The molecule has 6 heteroatoms. The fourth-order valence-corrected chi connectivity index (χ4v) is 2.56. The molecule has 1 N–H and O–H groups in total. The fourth-order valence-electron chi connectivity index (χ4n) is 2.26. The van der Waals surface area contributed by atoms with Crippen LogP contribution in [0.15, 0.2) is 77.9 Å². The number of hydrogen-bond donors (Lipinski definition) is 1. The van der Waals surface area contributed by atoms with Crippen molar-refractivity contribution in [3.8, 4) is 5.75 Å². The van der Waals surface area contributed by atoms with Gasteiger partial charge in [0.25, 0.3) is 5.91 Å². The van der Waals surface area contributed by atoms with E-state index in [2.05, 4.69) is 10.5 Å². The average molecular weight is 399 g/mol. The summed E-state index contributed by atoms with van der Waals surface area (Å²) in [5.74, 6) is 0.392. The SMILES string of the molecule is O=C(N/N=C/c1ccc(OCc2ccccc2)cc1)c1ccc(Cl)c(Cl)c1. The Bertz CT molecular complexity index is 942. The molecule has 0 aliphatic rings. The first-order chi connectivity index (χ1) is 13.1. The zero-order valence-corrected chi connectivity index (χ0v) is 15.7. The summed E-state index contributed by atoms with van der Waals surface area (Å²) < 4.78 is 5.73. The second kappa shape index (κ2) is 9.21. The van der Waals surface area contributed by atoms with E-state index in [0.29, 0.717) is 22.2 Å². The number of hydrazone groups is 1. The van der Waals surface area contributed by atoms with Gasteiger partial charge in [0.2, 0.25) is 0 Å². The third-order valence-corrected chi connectivity index (χ3v) is 4.43. The van der Waals surface area contributed by atoms with Crippen LogP contribution in [0.3, 0.4) is 0 Å². The number of benzene rings is 3. The van der Waals surface area contributed by atoms with E-state index in [0.717, 1.165) is 16.9 Å². The van der Waals surface area contributed by atoms with Crippen LogP contribution in [-0.4, -0.2) is 12.1 Å². The van der Waals surface area contributed by atoms with Gasteiger partial charge >= 0.3 is 0 Å². The molecule has 0 aliphatic heterocycles. The summed E-state index contributed by atoms with van der Waals surface area (Å²) in [5, 5.41) is 4.67. The molecular weight excluding hydrogens is 383 g/mol. The first kappa shape index (κ1) is 19.0. The molecule has 0 unspecified atom stereocenters. The van der Waals surface area contributed by atoms with E-state index in [1.54, 1.807) is 18.3 Å². The molecule has 0 atom stereocenters. The van der Waals surface area contributed by atoms with Crippen molar-refractivity contribution < 1.29 is 9.53 Å². The van der Waals surface area contributed by atoms with Crippen LogP contribution in [0, 0.1) is 0 Å². The summed E-state index contributed by atoms with van der Waals surface area (Å²) in [6, 6.07) is 22.0. The van der Waals surface area contributed by atoms with Crippen molar-refractivity contribution in [2.75, 3.05) is 0 Å². The molecule has 0 aliphatic carbocycles. The summed E-state index contributed by atoms with van der Waals surface area (Å²) in [4.78, 5) is 12.0. The highest BCUT2D eigenvalue weighted by Gasteiger charge is 2.06. The average Bonchev–Trinajstić information content (AvgIpc) is 2.70. The number of carbonyl (C=O) groups excluding carboxylic acids is 1. The molecule has 0 fully saturated rings. The van der Waals surface area contributed by atoms with Crippen LogP contribution in [0.4, 0.5) is 0 Å². The van der Waals surface area contributed by atoms with Gasteiger partial charge < -0.3 is 4.74 Å². The molecule has 0 heterocycles. The van der Waals surface area contributed by atoms with Crippen molar-refractivity contribution in [2.45, 2.75) is 6.61 Å². The lowest BCUT2D eigenvalue weighted by molar-refractivity contribution is 0.0955. The molecule has 0 saturated heterocycles. The normalized spacial score (nSPS) is 10.7. The van der Waals surface area contributed by atoms with Gasteiger partial charge in [-0.1, -0.05) is 53.5 Å². The van der Waals surface area contributed by atoms with Gasteiger partial charge in [0.1, 0.15) is 12.4 Å². The van der Waals surface area contributed by atoms with Crippen LogP contribution >= 0.6 is 23.2 Å². The maximum atomic E-state index is 12.0. The molecule has 3 aromatic carbocycles.